The second-order valence-corrected chi connectivity index (χ2v) is 7.22. The number of halogens is 3. The lowest BCUT2D eigenvalue weighted by atomic mass is 10.1. The molecule has 2 aromatic heterocycles. The number of hydrogen-bond acceptors (Lipinski definition) is 4. The molecule has 0 bridgehead atoms. The van der Waals surface area contributed by atoms with Crippen LogP contribution in [-0.4, -0.2) is 32.3 Å². The number of hydrogen-bond donors (Lipinski definition) is 1. The fourth-order valence-corrected chi connectivity index (χ4v) is 3.30. The molecular formula is C18H17F3N4OS. The minimum absolute atomic E-state index is 0.209. The second kappa shape index (κ2) is 7.99. The van der Waals surface area contributed by atoms with Gasteiger partial charge in [0.05, 0.1) is 10.8 Å². The van der Waals surface area contributed by atoms with E-state index in [1.54, 1.807) is 6.92 Å². The smallest absolute Gasteiger partial charge is 0.355 e. The summed E-state index contributed by atoms with van der Waals surface area (Å²) in [5, 5.41) is 10.3. The molecule has 2 heterocycles. The summed E-state index contributed by atoms with van der Waals surface area (Å²) in [7, 11) is 0. The molecule has 0 fully saturated rings. The van der Waals surface area contributed by atoms with Gasteiger partial charge in [0.15, 0.2) is 10.8 Å². The van der Waals surface area contributed by atoms with Gasteiger partial charge in [-0.1, -0.05) is 42.1 Å². The predicted octanol–water partition coefficient (Wildman–Crippen LogP) is 3.59. The van der Waals surface area contributed by atoms with Gasteiger partial charge in [-0.2, -0.15) is 13.2 Å². The molecule has 0 aliphatic carbocycles. The molecule has 142 valence electrons. The number of thioether (sulfide) groups is 1. The Labute approximate surface area is 158 Å². The van der Waals surface area contributed by atoms with Crippen molar-refractivity contribution in [1.29, 1.82) is 0 Å². The van der Waals surface area contributed by atoms with Gasteiger partial charge in [0, 0.05) is 12.7 Å². The van der Waals surface area contributed by atoms with Crippen LogP contribution in [-0.2, 0) is 17.4 Å². The quantitative estimate of drug-likeness (QED) is 0.649. The van der Waals surface area contributed by atoms with Crippen LogP contribution < -0.4 is 5.32 Å². The van der Waals surface area contributed by atoms with Gasteiger partial charge in [0.1, 0.15) is 0 Å². The van der Waals surface area contributed by atoms with Crippen molar-refractivity contribution < 1.29 is 18.0 Å². The lowest BCUT2D eigenvalue weighted by molar-refractivity contribution is -0.137. The lowest BCUT2D eigenvalue weighted by Gasteiger charge is -2.11. The molecule has 0 radical (unpaired) electrons. The fraction of sp³-hybridized carbons (Fsp3) is 0.278. The maximum absolute atomic E-state index is 12.9. The molecule has 9 heteroatoms. The molecule has 1 aromatic carbocycles. The van der Waals surface area contributed by atoms with Crippen LogP contribution in [0.25, 0.3) is 5.65 Å². The van der Waals surface area contributed by atoms with Crippen LogP contribution in [0.5, 0.6) is 0 Å². The lowest BCUT2D eigenvalue weighted by Crippen LogP contribution is -2.32. The van der Waals surface area contributed by atoms with Gasteiger partial charge in [0.25, 0.3) is 0 Å². The molecule has 0 aliphatic rings. The van der Waals surface area contributed by atoms with Crippen molar-refractivity contribution >= 4 is 23.3 Å². The van der Waals surface area contributed by atoms with E-state index in [0.717, 1.165) is 29.6 Å². The first kappa shape index (κ1) is 19.2. The summed E-state index contributed by atoms with van der Waals surface area (Å²) in [6.07, 6.45) is -2.81. The molecule has 3 rings (SSSR count). The van der Waals surface area contributed by atoms with Gasteiger partial charge in [-0.25, -0.2) is 0 Å². The Hall–Kier alpha value is -2.55. The van der Waals surface area contributed by atoms with Crippen LogP contribution in [0.15, 0.2) is 53.8 Å². The summed E-state index contributed by atoms with van der Waals surface area (Å²) in [6, 6.07) is 12.0. The zero-order valence-electron chi connectivity index (χ0n) is 14.4. The zero-order valence-corrected chi connectivity index (χ0v) is 15.2. The van der Waals surface area contributed by atoms with Crippen LogP contribution in [0.1, 0.15) is 18.1 Å². The number of fused-ring (bicyclic) bond motifs is 1. The van der Waals surface area contributed by atoms with Gasteiger partial charge in [-0.15, -0.1) is 10.2 Å². The van der Waals surface area contributed by atoms with Gasteiger partial charge < -0.3 is 5.32 Å². The summed E-state index contributed by atoms with van der Waals surface area (Å²) in [5.74, 6) is -0.209. The Morgan fingerprint density at radius 3 is 2.63 bits per heavy atom. The molecule has 1 atom stereocenters. The monoisotopic (exact) mass is 394 g/mol. The van der Waals surface area contributed by atoms with Crippen molar-refractivity contribution in [2.24, 2.45) is 0 Å². The van der Waals surface area contributed by atoms with Crippen molar-refractivity contribution in [3.05, 3.63) is 59.8 Å². The van der Waals surface area contributed by atoms with E-state index in [4.69, 9.17) is 0 Å². The molecule has 0 saturated heterocycles. The van der Waals surface area contributed by atoms with Crippen molar-refractivity contribution in [1.82, 2.24) is 19.9 Å². The average molecular weight is 394 g/mol. The predicted molar refractivity (Wildman–Crippen MR) is 96.5 cm³/mol. The Bertz CT molecular complexity index is 927. The summed E-state index contributed by atoms with van der Waals surface area (Å²) >= 11 is 1.06. The SMILES string of the molecule is CC(Sc1nnc2ccc(C(F)(F)F)cn12)C(=O)NCCc1ccccc1. The Kier molecular flexibility index (Phi) is 5.69. The molecule has 27 heavy (non-hydrogen) atoms. The standard InChI is InChI=1S/C18H17F3N4OS/c1-12(16(26)22-10-9-13-5-3-2-4-6-13)27-17-24-23-15-8-7-14(11-25(15)17)18(19,20)21/h2-8,11-12H,9-10H2,1H3,(H,22,26). The number of nitrogens with one attached hydrogen (secondary N) is 1. The summed E-state index contributed by atoms with van der Waals surface area (Å²) in [6.45, 7) is 2.16. The number of alkyl halides is 3. The Morgan fingerprint density at radius 2 is 1.93 bits per heavy atom. The van der Waals surface area contributed by atoms with Gasteiger partial charge in [-0.05, 0) is 31.0 Å². The highest BCUT2D eigenvalue weighted by Gasteiger charge is 2.31. The van der Waals surface area contributed by atoms with Crippen LogP contribution >= 0.6 is 11.8 Å². The highest BCUT2D eigenvalue weighted by Crippen LogP contribution is 2.30. The van der Waals surface area contributed by atoms with E-state index in [-0.39, 0.29) is 11.1 Å². The van der Waals surface area contributed by atoms with E-state index in [1.165, 1.54) is 10.5 Å². The first-order valence-corrected chi connectivity index (χ1v) is 9.13. The molecule has 1 unspecified atom stereocenters. The maximum Gasteiger partial charge on any atom is 0.417 e. The number of nitrogens with zero attached hydrogens (tertiary/aromatic N) is 3. The molecule has 3 aromatic rings. The Morgan fingerprint density at radius 1 is 1.19 bits per heavy atom. The molecule has 0 aliphatic heterocycles. The summed E-state index contributed by atoms with van der Waals surface area (Å²) in [5.41, 5.74) is 0.611. The minimum Gasteiger partial charge on any atom is -0.355 e. The van der Waals surface area contributed by atoms with E-state index in [0.29, 0.717) is 18.6 Å². The average Bonchev–Trinajstić information content (AvgIpc) is 3.04. The molecule has 1 N–H and O–H groups in total. The topological polar surface area (TPSA) is 59.3 Å². The van der Waals surface area contributed by atoms with Crippen LogP contribution in [0.4, 0.5) is 13.2 Å². The van der Waals surface area contributed by atoms with Crippen LogP contribution in [0.2, 0.25) is 0 Å². The van der Waals surface area contributed by atoms with Crippen LogP contribution in [0, 0.1) is 0 Å². The van der Waals surface area contributed by atoms with Crippen LogP contribution in [0.3, 0.4) is 0 Å². The van der Waals surface area contributed by atoms with Gasteiger partial charge in [-0.3, -0.25) is 9.20 Å². The number of carbonyl (C=O) groups is 1. The zero-order chi connectivity index (χ0) is 19.4. The van der Waals surface area contributed by atoms with E-state index in [2.05, 4.69) is 15.5 Å². The number of rotatable bonds is 6. The number of aromatic nitrogens is 3. The fourth-order valence-electron chi connectivity index (χ4n) is 2.45. The number of pyridine rings is 1. The molecule has 5 nitrogen and oxygen atoms in total. The van der Waals surface area contributed by atoms with Crippen molar-refractivity contribution in [2.45, 2.75) is 29.9 Å². The van der Waals surface area contributed by atoms with Gasteiger partial charge in [0.2, 0.25) is 5.91 Å². The van der Waals surface area contributed by atoms with E-state index >= 15 is 0 Å². The third kappa shape index (κ3) is 4.79. The van der Waals surface area contributed by atoms with E-state index in [1.807, 2.05) is 30.3 Å². The number of carbonyl (C=O) groups excluding carboxylic acids is 1. The third-order valence-electron chi connectivity index (χ3n) is 3.91. The second-order valence-electron chi connectivity index (χ2n) is 5.91. The molecule has 0 spiro atoms. The largest absolute Gasteiger partial charge is 0.417 e. The van der Waals surface area contributed by atoms with Crippen molar-refractivity contribution in [3.63, 3.8) is 0 Å². The first-order chi connectivity index (χ1) is 12.8. The number of amides is 1. The molecule has 1 amide bonds. The minimum atomic E-state index is -4.46. The Balaban J connectivity index is 1.63. The van der Waals surface area contributed by atoms with E-state index < -0.39 is 17.0 Å². The first-order valence-electron chi connectivity index (χ1n) is 8.25. The highest BCUT2D eigenvalue weighted by molar-refractivity contribution is 8.00. The third-order valence-corrected chi connectivity index (χ3v) is 4.96. The maximum atomic E-state index is 12.9. The van der Waals surface area contributed by atoms with Crippen molar-refractivity contribution in [3.8, 4) is 0 Å². The van der Waals surface area contributed by atoms with Crippen molar-refractivity contribution in [2.75, 3.05) is 6.54 Å². The summed E-state index contributed by atoms with van der Waals surface area (Å²) < 4.78 is 39.9. The highest BCUT2D eigenvalue weighted by atomic mass is 32.2. The van der Waals surface area contributed by atoms with Gasteiger partial charge >= 0.3 is 6.18 Å². The van der Waals surface area contributed by atoms with E-state index in [9.17, 15) is 18.0 Å². The number of benzene rings is 1. The molecular weight excluding hydrogens is 377 g/mol. The molecule has 0 saturated carbocycles. The summed E-state index contributed by atoms with van der Waals surface area (Å²) in [4.78, 5) is 12.3. The normalized spacial score (nSPS) is 12.9.